The van der Waals surface area contributed by atoms with Gasteiger partial charge in [0.2, 0.25) is 5.88 Å². The van der Waals surface area contributed by atoms with Gasteiger partial charge in [-0.1, -0.05) is 17.7 Å². The number of rotatable bonds is 6. The Morgan fingerprint density at radius 2 is 2.08 bits per heavy atom. The van der Waals surface area contributed by atoms with E-state index in [9.17, 15) is 4.79 Å². The minimum Gasteiger partial charge on any atom is -0.493 e. The van der Waals surface area contributed by atoms with Crippen LogP contribution in [-0.2, 0) is 4.74 Å². The molecule has 0 bridgehead atoms. The van der Waals surface area contributed by atoms with E-state index in [-0.39, 0.29) is 24.0 Å². The Balaban J connectivity index is 1.41. The summed E-state index contributed by atoms with van der Waals surface area (Å²) in [5.41, 5.74) is 5.74. The molecule has 4 aromatic rings. The molecule has 0 unspecified atom stereocenters. The molecule has 3 N–H and O–H groups in total. The molecule has 10 heteroatoms. The van der Waals surface area contributed by atoms with Gasteiger partial charge in [-0.3, -0.25) is 9.78 Å². The van der Waals surface area contributed by atoms with Gasteiger partial charge in [0, 0.05) is 35.5 Å². The second-order valence-corrected chi connectivity index (χ2v) is 9.59. The van der Waals surface area contributed by atoms with Crippen LogP contribution in [0.25, 0.3) is 22.3 Å². The molecule has 9 nitrogen and oxygen atoms in total. The highest BCUT2D eigenvalue weighted by molar-refractivity contribution is 6.32. The van der Waals surface area contributed by atoms with Crippen LogP contribution in [0.4, 0.5) is 11.4 Å². The minimum absolute atomic E-state index is 0.00381. The van der Waals surface area contributed by atoms with Crippen molar-refractivity contribution in [3.05, 3.63) is 58.9 Å². The highest BCUT2D eigenvalue weighted by Gasteiger charge is 2.48. The molecule has 36 heavy (non-hydrogen) atoms. The van der Waals surface area contributed by atoms with Crippen molar-refractivity contribution in [3.63, 3.8) is 0 Å². The average molecular weight is 504 g/mol. The lowest BCUT2D eigenvalue weighted by atomic mass is 10.0. The van der Waals surface area contributed by atoms with Crippen molar-refractivity contribution >= 4 is 39.9 Å². The third kappa shape index (κ3) is 3.38. The first-order valence-corrected chi connectivity index (χ1v) is 12.2. The lowest BCUT2D eigenvalue weighted by Gasteiger charge is -2.26. The summed E-state index contributed by atoms with van der Waals surface area (Å²) >= 11 is 6.39. The van der Waals surface area contributed by atoms with E-state index in [2.05, 4.69) is 20.6 Å². The molecule has 1 amide bonds. The van der Waals surface area contributed by atoms with Gasteiger partial charge in [-0.15, -0.1) is 0 Å². The molecule has 5 heterocycles. The fraction of sp³-hybridized carbons (Fsp3) is 0.269. The standard InChI is InChI=1S/C26H22ClN5O4/c1-34-25-15(27)3-2-4-17(25)29-24-20-22(14-9-18(14)30-26(20)33)32-23(24)13-7-8-28-16-5-6-19(31-21(13)16)36-12-10-35-11-12/h2-8,12,14,18,29,32H,9-11H2,1H3,(H,30,33)/t14-,18+/m0/s1. The van der Waals surface area contributed by atoms with Crippen LogP contribution in [0.3, 0.4) is 0 Å². The number of nitrogens with one attached hydrogen (secondary N) is 3. The van der Waals surface area contributed by atoms with Gasteiger partial charge in [-0.05, 0) is 30.7 Å². The number of methoxy groups -OCH3 is 1. The van der Waals surface area contributed by atoms with Gasteiger partial charge in [0.25, 0.3) is 5.91 Å². The zero-order chi connectivity index (χ0) is 24.4. The van der Waals surface area contributed by atoms with Gasteiger partial charge in [0.1, 0.15) is 11.6 Å². The SMILES string of the molecule is COc1c(Cl)cccc1Nc1c(-c2ccnc3ccc(OC4COC4)nc23)[nH]c2c1C(=O)N[C@@H]1C[C@H]21. The molecule has 1 saturated heterocycles. The number of nitrogens with zero attached hydrogens (tertiary/aromatic N) is 2. The predicted molar refractivity (Wildman–Crippen MR) is 134 cm³/mol. The van der Waals surface area contributed by atoms with Crippen LogP contribution in [-0.4, -0.2) is 53.3 Å². The van der Waals surface area contributed by atoms with Crippen LogP contribution in [0.2, 0.25) is 5.02 Å². The lowest BCUT2D eigenvalue weighted by molar-refractivity contribution is -0.0812. The Kier molecular flexibility index (Phi) is 4.83. The highest BCUT2D eigenvalue weighted by atomic mass is 35.5. The summed E-state index contributed by atoms with van der Waals surface area (Å²) in [6.45, 7) is 1.10. The molecule has 0 radical (unpaired) electrons. The van der Waals surface area contributed by atoms with Crippen molar-refractivity contribution in [1.82, 2.24) is 20.3 Å². The Morgan fingerprint density at radius 1 is 1.19 bits per heavy atom. The number of fused-ring (bicyclic) bond motifs is 4. The molecule has 2 fully saturated rings. The van der Waals surface area contributed by atoms with Crippen LogP contribution in [0.15, 0.2) is 42.6 Å². The van der Waals surface area contributed by atoms with Crippen molar-refractivity contribution in [2.75, 3.05) is 25.6 Å². The number of halogens is 1. The zero-order valence-electron chi connectivity index (χ0n) is 19.3. The number of aromatic amines is 1. The number of benzene rings is 1. The van der Waals surface area contributed by atoms with Crippen molar-refractivity contribution in [2.45, 2.75) is 24.5 Å². The Morgan fingerprint density at radius 3 is 2.89 bits per heavy atom. The molecular weight excluding hydrogens is 482 g/mol. The molecule has 1 saturated carbocycles. The fourth-order valence-electron chi connectivity index (χ4n) is 4.95. The second-order valence-electron chi connectivity index (χ2n) is 9.18. The first-order chi connectivity index (χ1) is 17.6. The van der Waals surface area contributed by atoms with Gasteiger partial charge in [0.05, 0.1) is 53.5 Å². The normalized spacial score (nSPS) is 20.2. The van der Waals surface area contributed by atoms with E-state index in [0.717, 1.165) is 28.9 Å². The molecule has 3 aromatic heterocycles. The number of amides is 1. The topological polar surface area (TPSA) is 110 Å². The van der Waals surface area contributed by atoms with Crippen LogP contribution in [0.1, 0.15) is 28.4 Å². The van der Waals surface area contributed by atoms with Crippen LogP contribution < -0.4 is 20.1 Å². The summed E-state index contributed by atoms with van der Waals surface area (Å²) in [5, 5.41) is 7.02. The summed E-state index contributed by atoms with van der Waals surface area (Å²) in [5.74, 6) is 1.14. The van der Waals surface area contributed by atoms with E-state index in [0.29, 0.717) is 52.3 Å². The van der Waals surface area contributed by atoms with E-state index in [4.69, 9.17) is 30.8 Å². The smallest absolute Gasteiger partial charge is 0.255 e. The molecule has 1 aliphatic carbocycles. The molecular formula is C26H22ClN5O4. The molecule has 3 aliphatic rings. The highest BCUT2D eigenvalue weighted by Crippen LogP contribution is 2.51. The van der Waals surface area contributed by atoms with Crippen LogP contribution in [0, 0.1) is 0 Å². The summed E-state index contributed by atoms with van der Waals surface area (Å²) in [4.78, 5) is 26.0. The number of H-pyrrole nitrogens is 1. The Bertz CT molecular complexity index is 1530. The maximum Gasteiger partial charge on any atom is 0.255 e. The predicted octanol–water partition coefficient (Wildman–Crippen LogP) is 4.41. The van der Waals surface area contributed by atoms with E-state index in [1.807, 2.05) is 30.3 Å². The monoisotopic (exact) mass is 503 g/mol. The van der Waals surface area contributed by atoms with E-state index >= 15 is 0 Å². The number of anilines is 2. The van der Waals surface area contributed by atoms with Crippen LogP contribution in [0.5, 0.6) is 11.6 Å². The van der Waals surface area contributed by atoms with E-state index in [1.165, 1.54) is 0 Å². The number of aromatic nitrogens is 3. The lowest BCUT2D eigenvalue weighted by Crippen LogP contribution is -2.38. The van der Waals surface area contributed by atoms with E-state index in [1.54, 1.807) is 19.4 Å². The molecule has 1 aromatic carbocycles. The third-order valence-electron chi connectivity index (χ3n) is 6.89. The van der Waals surface area contributed by atoms with Crippen molar-refractivity contribution in [3.8, 4) is 22.9 Å². The van der Waals surface area contributed by atoms with Gasteiger partial charge in [-0.2, -0.15) is 0 Å². The summed E-state index contributed by atoms with van der Waals surface area (Å²) < 4.78 is 16.7. The first kappa shape index (κ1) is 21.5. The first-order valence-electron chi connectivity index (χ1n) is 11.8. The Hall–Kier alpha value is -3.82. The number of carbonyl (C=O) groups is 1. The molecule has 182 valence electrons. The maximum atomic E-state index is 13.2. The van der Waals surface area contributed by atoms with Crippen molar-refractivity contribution < 1.29 is 19.0 Å². The van der Waals surface area contributed by atoms with Gasteiger partial charge < -0.3 is 29.8 Å². The number of hydrogen-bond donors (Lipinski definition) is 3. The van der Waals surface area contributed by atoms with Gasteiger partial charge in [0.15, 0.2) is 5.75 Å². The quantitative estimate of drug-likeness (QED) is 0.357. The summed E-state index contributed by atoms with van der Waals surface area (Å²) in [7, 11) is 1.57. The fourth-order valence-corrected chi connectivity index (χ4v) is 5.20. The number of ether oxygens (including phenoxy) is 3. The van der Waals surface area contributed by atoms with Crippen molar-refractivity contribution in [1.29, 1.82) is 0 Å². The Labute approximate surface area is 211 Å². The molecule has 2 aliphatic heterocycles. The van der Waals surface area contributed by atoms with E-state index < -0.39 is 0 Å². The summed E-state index contributed by atoms with van der Waals surface area (Å²) in [6, 6.07) is 11.2. The average Bonchev–Trinajstić information content (AvgIpc) is 3.53. The summed E-state index contributed by atoms with van der Waals surface area (Å²) in [6.07, 6.45) is 2.65. The minimum atomic E-state index is -0.116. The zero-order valence-corrected chi connectivity index (χ0v) is 20.1. The molecule has 7 rings (SSSR count). The number of para-hydroxylation sites is 1. The van der Waals surface area contributed by atoms with Gasteiger partial charge >= 0.3 is 0 Å². The second kappa shape index (κ2) is 8.11. The maximum absolute atomic E-state index is 13.2. The van der Waals surface area contributed by atoms with Crippen LogP contribution >= 0.6 is 11.6 Å². The number of hydrogen-bond acceptors (Lipinski definition) is 7. The largest absolute Gasteiger partial charge is 0.493 e. The molecule has 0 spiro atoms. The number of carbonyl (C=O) groups excluding carboxylic acids is 1. The number of pyridine rings is 2. The van der Waals surface area contributed by atoms with Crippen molar-refractivity contribution in [2.24, 2.45) is 0 Å². The van der Waals surface area contributed by atoms with Gasteiger partial charge in [-0.25, -0.2) is 4.98 Å². The third-order valence-corrected chi connectivity index (χ3v) is 7.18. The molecule has 2 atom stereocenters.